The summed E-state index contributed by atoms with van der Waals surface area (Å²) in [5, 5.41) is 1.25. The molecule has 0 bridgehead atoms. The molecule has 0 radical (unpaired) electrons. The van der Waals surface area contributed by atoms with Gasteiger partial charge in [-0.25, -0.2) is 0 Å². The normalized spacial score (nSPS) is 22.9. The van der Waals surface area contributed by atoms with E-state index in [-0.39, 0.29) is 0 Å². The van der Waals surface area contributed by atoms with Crippen molar-refractivity contribution in [2.24, 2.45) is 0 Å². The number of nitrogens with one attached hydrogen (secondary N) is 1. The van der Waals surface area contributed by atoms with E-state index in [9.17, 15) is 0 Å². The fraction of sp³-hybridized carbons (Fsp3) is 0.348. The van der Waals surface area contributed by atoms with Gasteiger partial charge in [0, 0.05) is 0 Å². The molecule has 4 rings (SSSR count). The summed E-state index contributed by atoms with van der Waals surface area (Å²) in [6.45, 7) is 3.67. The van der Waals surface area contributed by atoms with Crippen molar-refractivity contribution in [3.8, 4) is 0 Å². The summed E-state index contributed by atoms with van der Waals surface area (Å²) in [6, 6.07) is 17.1. The van der Waals surface area contributed by atoms with E-state index in [4.69, 9.17) is 34.8 Å². The molecule has 1 aromatic heterocycles. The Morgan fingerprint density at radius 2 is 1.73 bits per heavy atom. The van der Waals surface area contributed by atoms with E-state index in [0.717, 1.165) is 18.6 Å². The first-order valence-electron chi connectivity index (χ1n) is 9.82. The number of likely N-dealkylation sites (N-methyl/N-ethyl adjacent to an activating group) is 2. The van der Waals surface area contributed by atoms with Gasteiger partial charge in [-0.2, -0.15) is 0 Å². The Labute approximate surface area is 197 Å². The van der Waals surface area contributed by atoms with Crippen molar-refractivity contribution in [1.82, 2.24) is 4.98 Å². The molecular formula is C23H28Cl3IN3+. The van der Waals surface area contributed by atoms with Crippen LogP contribution in [-0.2, 0) is 6.54 Å². The van der Waals surface area contributed by atoms with E-state index in [1.807, 2.05) is 0 Å². The average Bonchev–Trinajstić information content (AvgIpc) is 3.16. The third-order valence-corrected chi connectivity index (χ3v) is 18.4. The number of aromatic nitrogens is 1. The van der Waals surface area contributed by atoms with Crippen LogP contribution in [0.5, 0.6) is 0 Å². The summed E-state index contributed by atoms with van der Waals surface area (Å²) >= 11 is 17.4. The molecule has 2 heterocycles. The van der Waals surface area contributed by atoms with E-state index >= 15 is 0 Å². The standard InChI is InChI=1S/C23H28Cl3IN3/c1-16-17-9-5-7-11-19(17)28-20(16)13-30(4,23(25)26)14-22-27(2,15-24)18-10-6-8-12-21(18)29(22)3/h5-12,23,28H,13-15H2,1-4H3/q+1. The first-order chi connectivity index (χ1) is 14.2. The summed E-state index contributed by atoms with van der Waals surface area (Å²) in [4.78, 5) is 7.78. The Kier molecular flexibility index (Phi) is 6.19. The number of hydrogen-bond donors (Lipinski definition) is 1. The zero-order valence-electron chi connectivity index (χ0n) is 17.7. The Morgan fingerprint density at radius 3 is 2.40 bits per heavy atom. The first-order valence-corrected chi connectivity index (χ1v) is 17.1. The molecular weight excluding hydrogens is 552 g/mol. The Morgan fingerprint density at radius 1 is 1.07 bits per heavy atom. The molecule has 162 valence electrons. The SMILES string of the molecule is Cc1c(C[N+](C)(CC2=I(C)(CCl)c3ccccc3N2C)C(Cl)Cl)[nH]c2ccccc12. The van der Waals surface area contributed by atoms with E-state index in [2.05, 4.69) is 84.4 Å². The Bertz CT molecular complexity index is 1150. The molecule has 1 aliphatic rings. The number of anilines is 1. The number of rotatable bonds is 6. The number of para-hydroxylation sites is 2. The van der Waals surface area contributed by atoms with E-state index in [0.29, 0.717) is 8.37 Å². The van der Waals surface area contributed by atoms with Crippen LogP contribution in [0.4, 0.5) is 5.69 Å². The number of aromatic amines is 1. The second kappa shape index (κ2) is 8.28. The number of halogens is 4. The maximum absolute atomic E-state index is 6.64. The minimum absolute atomic E-state index is 0.500. The number of alkyl halides is 5. The van der Waals surface area contributed by atoms with Crippen molar-refractivity contribution in [2.75, 3.05) is 34.4 Å². The predicted molar refractivity (Wildman–Crippen MR) is 142 cm³/mol. The fourth-order valence-electron chi connectivity index (χ4n) is 4.30. The Balaban J connectivity index is 1.76. The molecule has 1 N–H and O–H groups in total. The molecule has 7 heteroatoms. The monoisotopic (exact) mass is 578 g/mol. The number of H-pyrrole nitrogens is 1. The summed E-state index contributed by atoms with van der Waals surface area (Å²) in [7, 11) is 4.31. The molecule has 0 saturated carbocycles. The third-order valence-electron chi connectivity index (χ3n) is 6.26. The topological polar surface area (TPSA) is 19.0 Å². The van der Waals surface area contributed by atoms with Gasteiger partial charge in [0.15, 0.2) is 0 Å². The van der Waals surface area contributed by atoms with Gasteiger partial charge in [-0.05, 0) is 0 Å². The molecule has 30 heavy (non-hydrogen) atoms. The minimum atomic E-state index is -2.55. The molecule has 2 unspecified atom stereocenters. The maximum atomic E-state index is 6.64. The van der Waals surface area contributed by atoms with Crippen molar-refractivity contribution in [2.45, 2.75) is 18.4 Å². The van der Waals surface area contributed by atoms with Gasteiger partial charge in [-0.1, -0.05) is 0 Å². The number of fused-ring (bicyclic) bond motifs is 2. The van der Waals surface area contributed by atoms with Gasteiger partial charge in [0.25, 0.3) is 0 Å². The fourth-order valence-corrected chi connectivity index (χ4v) is 13.6. The quantitative estimate of drug-likeness (QED) is 0.153. The van der Waals surface area contributed by atoms with Crippen molar-refractivity contribution in [3.05, 3.63) is 63.4 Å². The van der Waals surface area contributed by atoms with Crippen LogP contribution >= 0.6 is 52.8 Å². The van der Waals surface area contributed by atoms with Crippen LogP contribution in [0.15, 0.2) is 48.5 Å². The second-order valence-electron chi connectivity index (χ2n) is 8.34. The van der Waals surface area contributed by atoms with Gasteiger partial charge < -0.3 is 0 Å². The predicted octanol–water partition coefficient (Wildman–Crippen LogP) is 6.50. The molecule has 0 spiro atoms. The number of quaternary nitrogens is 1. The number of hydrogen-bond acceptors (Lipinski definition) is 1. The Hall–Kier alpha value is -0.790. The van der Waals surface area contributed by atoms with Crippen molar-refractivity contribution in [1.29, 1.82) is 0 Å². The van der Waals surface area contributed by atoms with Crippen LogP contribution in [-0.4, -0.2) is 47.5 Å². The zero-order valence-corrected chi connectivity index (χ0v) is 22.1. The van der Waals surface area contributed by atoms with Crippen molar-refractivity contribution in [3.63, 3.8) is 0 Å². The van der Waals surface area contributed by atoms with Gasteiger partial charge in [0.2, 0.25) is 0 Å². The molecule has 1 aliphatic heterocycles. The number of benzene rings is 2. The van der Waals surface area contributed by atoms with E-state index < -0.39 is 22.9 Å². The van der Waals surface area contributed by atoms with Gasteiger partial charge >= 0.3 is 199 Å². The van der Waals surface area contributed by atoms with Crippen molar-refractivity contribution >= 4 is 73.0 Å². The van der Waals surface area contributed by atoms with Crippen LogP contribution in [0.3, 0.4) is 0 Å². The van der Waals surface area contributed by atoms with Crippen LogP contribution in [0, 0.1) is 10.5 Å². The molecule has 0 fully saturated rings. The van der Waals surface area contributed by atoms with Gasteiger partial charge in [0.1, 0.15) is 0 Å². The summed E-state index contributed by atoms with van der Waals surface area (Å²) in [5.41, 5.74) is 4.88. The molecule has 2 atom stereocenters. The molecule has 0 aliphatic carbocycles. The van der Waals surface area contributed by atoms with Crippen LogP contribution in [0.1, 0.15) is 11.3 Å². The summed E-state index contributed by atoms with van der Waals surface area (Å²) in [6.07, 6.45) is 0. The molecule has 3 aromatic rings. The summed E-state index contributed by atoms with van der Waals surface area (Å²) in [5.74, 6) is 0. The molecule has 3 nitrogen and oxygen atoms in total. The number of aryl methyl sites for hydroxylation is 1. The van der Waals surface area contributed by atoms with Crippen LogP contribution < -0.4 is 4.90 Å². The van der Waals surface area contributed by atoms with Crippen LogP contribution in [0.25, 0.3) is 10.9 Å². The first kappa shape index (κ1) is 22.4. The zero-order chi connectivity index (χ0) is 21.7. The molecule has 0 amide bonds. The van der Waals surface area contributed by atoms with Gasteiger partial charge in [0.05, 0.1) is 0 Å². The van der Waals surface area contributed by atoms with E-state index in [1.165, 1.54) is 29.5 Å². The van der Waals surface area contributed by atoms with E-state index in [1.54, 1.807) is 0 Å². The summed E-state index contributed by atoms with van der Waals surface area (Å²) < 4.78 is 4.04. The average molecular weight is 580 g/mol. The molecule has 0 saturated heterocycles. The third kappa shape index (κ3) is 3.58. The number of nitrogens with zero attached hydrogens (tertiary/aromatic N) is 2. The molecule has 2 aromatic carbocycles. The van der Waals surface area contributed by atoms with Gasteiger partial charge in [-0.15, -0.1) is 0 Å². The van der Waals surface area contributed by atoms with Gasteiger partial charge in [-0.3, -0.25) is 0 Å². The van der Waals surface area contributed by atoms with Crippen molar-refractivity contribution < 1.29 is 4.48 Å². The van der Waals surface area contributed by atoms with Crippen LogP contribution in [0.2, 0.25) is 0 Å². The second-order valence-corrected chi connectivity index (χ2v) is 19.5.